The van der Waals surface area contributed by atoms with Crippen LogP contribution in [0.1, 0.15) is 38.4 Å². The molecule has 0 saturated carbocycles. The van der Waals surface area contributed by atoms with E-state index < -0.39 is 23.3 Å². The number of nitrogens with zero attached hydrogens (tertiary/aromatic N) is 4. The van der Waals surface area contributed by atoms with Crippen molar-refractivity contribution < 1.29 is 18.3 Å². The molecule has 5 rings (SSSR count). The molecule has 2 fully saturated rings. The number of pyridine rings is 1. The largest absolute Gasteiger partial charge is 0.443 e. The summed E-state index contributed by atoms with van der Waals surface area (Å²) in [6, 6.07) is 1.32. The molecule has 0 radical (unpaired) electrons. The number of hydrogen-bond donors (Lipinski definition) is 0. The Morgan fingerprint density at radius 2 is 2.00 bits per heavy atom. The molecule has 1 aromatic heterocycles. The Balaban J connectivity index is 1.64. The van der Waals surface area contributed by atoms with Crippen molar-refractivity contribution in [3.05, 3.63) is 40.2 Å². The number of carbonyl (C=O) groups excluding carboxylic acids is 1. The molecule has 3 heterocycles. The molecule has 2 saturated heterocycles. The quantitative estimate of drug-likeness (QED) is 0.500. The number of likely N-dealkylation sites (tertiary alicyclic amines) is 1. The fourth-order valence-electron chi connectivity index (χ4n) is 5.63. The van der Waals surface area contributed by atoms with Crippen molar-refractivity contribution in [1.82, 2.24) is 9.88 Å². The number of fused-ring (bicyclic) bond motifs is 4. The predicted octanol–water partition coefficient (Wildman–Crippen LogP) is 5.10. The lowest BCUT2D eigenvalue weighted by Crippen LogP contribution is -2.35. The van der Waals surface area contributed by atoms with Gasteiger partial charge in [0.2, 0.25) is 0 Å². The number of halogens is 3. The predicted molar refractivity (Wildman–Crippen MR) is 129 cm³/mol. The van der Waals surface area contributed by atoms with E-state index in [9.17, 15) is 9.18 Å². The van der Waals surface area contributed by atoms with E-state index in [1.165, 1.54) is 11.9 Å². The van der Waals surface area contributed by atoms with E-state index in [4.69, 9.17) is 16.3 Å². The summed E-state index contributed by atoms with van der Waals surface area (Å²) in [5.74, 6) is -1.46. The van der Waals surface area contributed by atoms with Gasteiger partial charge in [-0.3, -0.25) is 9.88 Å². The standard InChI is InChI=1S/C25H29ClF2N4O2/c1-25(2,3)34-24(33)31(5)18-9-16(27)22(28)20-14(18)8-17-21(20)23(15(26)10-29-17)32-7-6-13-11-30(4)12-19(13)32/h9-10,13,19H,6-8,11-12H2,1-5H3/t13-,19+/m0/s1. The molecule has 0 N–H and O–H groups in total. The van der Waals surface area contributed by atoms with Crippen LogP contribution in [0.3, 0.4) is 0 Å². The van der Waals surface area contributed by atoms with Crippen molar-refractivity contribution in [3.63, 3.8) is 0 Å². The number of benzene rings is 1. The number of aromatic nitrogens is 1. The molecule has 1 amide bonds. The van der Waals surface area contributed by atoms with E-state index in [1.54, 1.807) is 27.0 Å². The normalized spacial score (nSPS) is 21.5. The van der Waals surface area contributed by atoms with Crippen LogP contribution in [0.15, 0.2) is 12.3 Å². The summed E-state index contributed by atoms with van der Waals surface area (Å²) in [5, 5.41) is 0.424. The highest BCUT2D eigenvalue weighted by Crippen LogP contribution is 2.51. The van der Waals surface area contributed by atoms with Gasteiger partial charge in [-0.1, -0.05) is 11.6 Å². The Labute approximate surface area is 203 Å². The van der Waals surface area contributed by atoms with Gasteiger partial charge in [0.1, 0.15) is 5.60 Å². The summed E-state index contributed by atoms with van der Waals surface area (Å²) in [6.45, 7) is 7.97. The Kier molecular flexibility index (Phi) is 5.52. The maximum absolute atomic E-state index is 15.4. The van der Waals surface area contributed by atoms with Crippen LogP contribution in [0.25, 0.3) is 11.1 Å². The summed E-state index contributed by atoms with van der Waals surface area (Å²) in [5.41, 5.74) is 2.07. The summed E-state index contributed by atoms with van der Waals surface area (Å²) < 4.78 is 35.8. The lowest BCUT2D eigenvalue weighted by molar-refractivity contribution is 0.0589. The van der Waals surface area contributed by atoms with E-state index >= 15 is 4.39 Å². The molecule has 0 unspecified atom stereocenters. The third kappa shape index (κ3) is 3.71. The number of anilines is 2. The fourth-order valence-corrected chi connectivity index (χ4v) is 5.88. The van der Waals surface area contributed by atoms with Gasteiger partial charge in [0.15, 0.2) is 11.6 Å². The second-order valence-electron chi connectivity index (χ2n) is 10.6. The Bertz CT molecular complexity index is 1180. The highest BCUT2D eigenvalue weighted by molar-refractivity contribution is 6.34. The van der Waals surface area contributed by atoms with Gasteiger partial charge in [-0.25, -0.2) is 13.6 Å². The molecule has 2 aliphatic heterocycles. The highest BCUT2D eigenvalue weighted by atomic mass is 35.5. The molecule has 182 valence electrons. The van der Waals surface area contributed by atoms with E-state index in [2.05, 4.69) is 21.8 Å². The number of rotatable bonds is 2. The second-order valence-corrected chi connectivity index (χ2v) is 11.0. The van der Waals surface area contributed by atoms with Crippen LogP contribution >= 0.6 is 11.6 Å². The molecule has 9 heteroatoms. The van der Waals surface area contributed by atoms with Gasteiger partial charge in [0.25, 0.3) is 0 Å². The van der Waals surface area contributed by atoms with Crippen molar-refractivity contribution in [2.75, 3.05) is 43.5 Å². The Hall–Kier alpha value is -2.45. The second kappa shape index (κ2) is 8.05. The van der Waals surface area contributed by atoms with Crippen molar-refractivity contribution >= 4 is 29.1 Å². The van der Waals surface area contributed by atoms with Crippen molar-refractivity contribution in [1.29, 1.82) is 0 Å². The molecule has 0 spiro atoms. The van der Waals surface area contributed by atoms with Crippen LogP contribution in [0.2, 0.25) is 5.02 Å². The summed E-state index contributed by atoms with van der Waals surface area (Å²) in [6.07, 6.45) is 2.25. The Morgan fingerprint density at radius 3 is 2.71 bits per heavy atom. The maximum atomic E-state index is 15.4. The molecule has 0 bridgehead atoms. The van der Waals surface area contributed by atoms with E-state index in [0.29, 0.717) is 33.4 Å². The molecule has 6 nitrogen and oxygen atoms in total. The van der Waals surface area contributed by atoms with Crippen LogP contribution < -0.4 is 9.80 Å². The van der Waals surface area contributed by atoms with Crippen LogP contribution in [-0.2, 0) is 11.2 Å². The minimum Gasteiger partial charge on any atom is -0.443 e. The number of hydrogen-bond acceptors (Lipinski definition) is 5. The molecule has 2 aromatic rings. The number of amides is 1. The van der Waals surface area contributed by atoms with E-state index in [-0.39, 0.29) is 23.7 Å². The van der Waals surface area contributed by atoms with Crippen molar-refractivity contribution in [2.24, 2.45) is 5.92 Å². The maximum Gasteiger partial charge on any atom is 0.414 e. The van der Waals surface area contributed by atoms with Gasteiger partial charge in [-0.2, -0.15) is 0 Å². The molecule has 34 heavy (non-hydrogen) atoms. The average molecular weight is 491 g/mol. The van der Waals surface area contributed by atoms with Crippen LogP contribution in [0.4, 0.5) is 25.0 Å². The summed E-state index contributed by atoms with van der Waals surface area (Å²) in [7, 11) is 3.60. The van der Waals surface area contributed by atoms with Crippen LogP contribution in [0.5, 0.6) is 0 Å². The fraction of sp³-hybridized carbons (Fsp3) is 0.520. The number of likely N-dealkylation sites (N-methyl/N-ethyl adjacent to an activating group) is 1. The zero-order valence-electron chi connectivity index (χ0n) is 20.1. The van der Waals surface area contributed by atoms with Gasteiger partial charge < -0.3 is 14.5 Å². The third-order valence-electron chi connectivity index (χ3n) is 7.03. The zero-order valence-corrected chi connectivity index (χ0v) is 20.8. The van der Waals surface area contributed by atoms with Gasteiger partial charge in [0.05, 0.1) is 22.1 Å². The van der Waals surface area contributed by atoms with E-state index in [0.717, 1.165) is 32.1 Å². The minimum absolute atomic E-state index is 0.139. The molecule has 2 atom stereocenters. The summed E-state index contributed by atoms with van der Waals surface area (Å²) >= 11 is 6.68. The van der Waals surface area contributed by atoms with E-state index in [1.807, 2.05) is 0 Å². The topological polar surface area (TPSA) is 48.9 Å². The zero-order chi connectivity index (χ0) is 24.5. The van der Waals surface area contributed by atoms with Crippen LogP contribution in [0, 0.1) is 17.6 Å². The lowest BCUT2D eigenvalue weighted by atomic mass is 10.0. The van der Waals surface area contributed by atoms with Gasteiger partial charge in [0, 0.05) is 62.5 Å². The smallest absolute Gasteiger partial charge is 0.414 e. The minimum atomic E-state index is -1.03. The first-order chi connectivity index (χ1) is 16.0. The molecule has 1 aromatic carbocycles. The first-order valence-electron chi connectivity index (χ1n) is 11.6. The molecule has 1 aliphatic carbocycles. The molecular formula is C25H29ClF2N4O2. The first-order valence-corrected chi connectivity index (χ1v) is 11.9. The number of carbonyl (C=O) groups is 1. The average Bonchev–Trinajstić information content (AvgIpc) is 3.41. The monoisotopic (exact) mass is 490 g/mol. The third-order valence-corrected chi connectivity index (χ3v) is 7.31. The van der Waals surface area contributed by atoms with Gasteiger partial charge in [-0.05, 0) is 45.7 Å². The lowest BCUT2D eigenvalue weighted by Gasteiger charge is -2.29. The van der Waals surface area contributed by atoms with Crippen LogP contribution in [-0.4, -0.2) is 61.3 Å². The molecule has 3 aliphatic rings. The highest BCUT2D eigenvalue weighted by Gasteiger charge is 2.43. The SMILES string of the molecule is CN1C[C@@H]2CCN(c3c(Cl)cnc4c3-c3c(F)c(F)cc(N(C)C(=O)OC(C)(C)C)c3C4)[C@@H]2C1. The van der Waals surface area contributed by atoms with Gasteiger partial charge >= 0.3 is 6.09 Å². The molecular weight excluding hydrogens is 462 g/mol. The first kappa shape index (κ1) is 23.3. The van der Waals surface area contributed by atoms with Crippen molar-refractivity contribution in [3.8, 4) is 11.1 Å². The number of ether oxygens (including phenoxy) is 1. The summed E-state index contributed by atoms with van der Waals surface area (Å²) in [4.78, 5) is 23.0. The van der Waals surface area contributed by atoms with Gasteiger partial charge in [-0.15, -0.1) is 0 Å². The Morgan fingerprint density at radius 1 is 1.26 bits per heavy atom. The van der Waals surface area contributed by atoms with Crippen molar-refractivity contribution in [2.45, 2.75) is 45.3 Å².